The van der Waals surface area contributed by atoms with Crippen LogP contribution in [0.15, 0.2) is 36.7 Å². The summed E-state index contributed by atoms with van der Waals surface area (Å²) in [6.45, 7) is 0. The van der Waals surface area contributed by atoms with Gasteiger partial charge in [-0.1, -0.05) is 12.8 Å². The molecule has 1 fully saturated rings. The maximum Gasteiger partial charge on any atom is 0.254 e. The Labute approximate surface area is 156 Å². The van der Waals surface area contributed by atoms with Gasteiger partial charge in [-0.15, -0.1) is 0 Å². The Morgan fingerprint density at radius 1 is 1.22 bits per heavy atom. The molecule has 0 saturated heterocycles. The Balaban J connectivity index is 1.61. The van der Waals surface area contributed by atoms with Crippen LogP contribution in [0.4, 0.5) is 17.5 Å². The number of nitrogens with two attached hydrogens (primary N) is 2. The fourth-order valence-electron chi connectivity index (χ4n) is 3.50. The van der Waals surface area contributed by atoms with E-state index in [9.17, 15) is 4.79 Å². The molecule has 0 bridgehead atoms. The quantitative estimate of drug-likeness (QED) is 0.471. The number of nitrogens with one attached hydrogen (secondary N) is 3. The van der Waals surface area contributed by atoms with Crippen molar-refractivity contribution < 1.29 is 4.79 Å². The van der Waals surface area contributed by atoms with Gasteiger partial charge in [0.15, 0.2) is 0 Å². The molecule has 0 aliphatic heterocycles. The zero-order valence-corrected chi connectivity index (χ0v) is 14.9. The van der Waals surface area contributed by atoms with E-state index in [1.165, 1.54) is 6.20 Å². The number of carbonyl (C=O) groups is 1. The zero-order valence-electron chi connectivity index (χ0n) is 14.9. The van der Waals surface area contributed by atoms with E-state index in [1.807, 2.05) is 30.5 Å². The number of H-pyrrole nitrogens is 1. The lowest BCUT2D eigenvalue weighted by atomic mass is 9.91. The Kier molecular flexibility index (Phi) is 4.64. The third kappa shape index (κ3) is 3.70. The van der Waals surface area contributed by atoms with Crippen LogP contribution in [0.25, 0.3) is 10.9 Å². The third-order valence-electron chi connectivity index (χ3n) is 5.00. The van der Waals surface area contributed by atoms with Crippen molar-refractivity contribution in [2.24, 2.45) is 11.5 Å². The molecule has 2 aromatic heterocycles. The number of primary amides is 1. The first-order valence-electron chi connectivity index (χ1n) is 9.13. The number of carbonyl (C=O) groups excluding carboxylic acids is 1. The van der Waals surface area contributed by atoms with E-state index in [2.05, 4.69) is 25.6 Å². The van der Waals surface area contributed by atoms with Crippen molar-refractivity contribution in [2.45, 2.75) is 37.8 Å². The Hall–Kier alpha value is -3.13. The number of anilines is 3. The number of nitrogens with zero attached hydrogens (tertiary/aromatic N) is 2. The predicted molar refractivity (Wildman–Crippen MR) is 106 cm³/mol. The predicted octanol–water partition coefficient (Wildman–Crippen LogP) is 2.48. The van der Waals surface area contributed by atoms with Crippen molar-refractivity contribution in [3.63, 3.8) is 0 Å². The van der Waals surface area contributed by atoms with Gasteiger partial charge in [0.1, 0.15) is 11.4 Å². The lowest BCUT2D eigenvalue weighted by molar-refractivity contribution is 0.100. The zero-order chi connectivity index (χ0) is 18.8. The molecular formula is C19H23N7O. The summed E-state index contributed by atoms with van der Waals surface area (Å²) in [6, 6.07) is 8.03. The SMILES string of the molecule is NC(=O)c1cnc(NC2CCCCC2N)nc1Nc1ccc2[nH]ccc2c1. The highest BCUT2D eigenvalue weighted by molar-refractivity contribution is 5.98. The second-order valence-electron chi connectivity index (χ2n) is 6.92. The van der Waals surface area contributed by atoms with Crippen LogP contribution in [0.5, 0.6) is 0 Å². The fourth-order valence-corrected chi connectivity index (χ4v) is 3.50. The van der Waals surface area contributed by atoms with Crippen LogP contribution in [0.1, 0.15) is 36.0 Å². The number of aromatic amines is 1. The molecule has 2 unspecified atom stereocenters. The average molecular weight is 365 g/mol. The van der Waals surface area contributed by atoms with Crippen LogP contribution in [0.3, 0.4) is 0 Å². The number of hydrogen-bond donors (Lipinski definition) is 5. The summed E-state index contributed by atoms with van der Waals surface area (Å²) in [5.41, 5.74) is 13.8. The first-order chi connectivity index (χ1) is 13.1. The van der Waals surface area contributed by atoms with E-state index in [0.29, 0.717) is 11.8 Å². The summed E-state index contributed by atoms with van der Waals surface area (Å²) in [7, 11) is 0. The molecular weight excluding hydrogens is 342 g/mol. The molecule has 0 spiro atoms. The number of benzene rings is 1. The Bertz CT molecular complexity index is 968. The molecule has 1 saturated carbocycles. The van der Waals surface area contributed by atoms with Crippen molar-refractivity contribution in [1.82, 2.24) is 15.0 Å². The van der Waals surface area contributed by atoms with Crippen LogP contribution in [0, 0.1) is 0 Å². The summed E-state index contributed by atoms with van der Waals surface area (Å²) in [5.74, 6) is 0.230. The van der Waals surface area contributed by atoms with E-state index in [0.717, 1.165) is 42.3 Å². The lowest BCUT2D eigenvalue weighted by Gasteiger charge is -2.29. The number of rotatable bonds is 5. The first-order valence-corrected chi connectivity index (χ1v) is 9.13. The molecule has 1 aromatic carbocycles. The Morgan fingerprint density at radius 3 is 2.89 bits per heavy atom. The normalized spacial score (nSPS) is 19.7. The highest BCUT2D eigenvalue weighted by atomic mass is 16.1. The maximum absolute atomic E-state index is 11.8. The third-order valence-corrected chi connectivity index (χ3v) is 5.00. The molecule has 1 amide bonds. The highest BCUT2D eigenvalue weighted by Crippen LogP contribution is 2.25. The fraction of sp³-hybridized carbons (Fsp3) is 0.316. The van der Waals surface area contributed by atoms with E-state index < -0.39 is 5.91 Å². The second kappa shape index (κ2) is 7.24. The van der Waals surface area contributed by atoms with Crippen molar-refractivity contribution in [1.29, 1.82) is 0 Å². The largest absolute Gasteiger partial charge is 0.365 e. The highest BCUT2D eigenvalue weighted by Gasteiger charge is 2.23. The second-order valence-corrected chi connectivity index (χ2v) is 6.92. The van der Waals surface area contributed by atoms with Crippen LogP contribution in [-0.2, 0) is 0 Å². The number of aromatic nitrogens is 3. The summed E-state index contributed by atoms with van der Waals surface area (Å²) in [6.07, 6.45) is 7.57. The molecule has 4 rings (SSSR count). The van der Waals surface area contributed by atoms with E-state index >= 15 is 0 Å². The number of fused-ring (bicyclic) bond motifs is 1. The maximum atomic E-state index is 11.8. The van der Waals surface area contributed by atoms with E-state index in [-0.39, 0.29) is 17.6 Å². The van der Waals surface area contributed by atoms with Crippen LogP contribution in [-0.4, -0.2) is 32.9 Å². The van der Waals surface area contributed by atoms with Gasteiger partial charge in [0.2, 0.25) is 5.95 Å². The van der Waals surface area contributed by atoms with E-state index in [1.54, 1.807) is 0 Å². The van der Waals surface area contributed by atoms with Gasteiger partial charge in [-0.2, -0.15) is 4.98 Å². The molecule has 2 atom stereocenters. The minimum atomic E-state index is -0.582. The standard InChI is InChI=1S/C19H23N7O/c20-14-3-1-2-4-16(14)25-19-23-10-13(17(21)27)18(26-19)24-12-5-6-15-11(9-12)7-8-22-15/h5-10,14,16,22H,1-4,20H2,(H2,21,27)(H2,23,24,25,26). The van der Waals surface area contributed by atoms with Gasteiger partial charge in [-0.05, 0) is 37.1 Å². The minimum Gasteiger partial charge on any atom is -0.365 e. The van der Waals surface area contributed by atoms with Gasteiger partial charge in [-0.25, -0.2) is 4.98 Å². The number of amides is 1. The molecule has 0 radical (unpaired) electrons. The molecule has 8 nitrogen and oxygen atoms in total. The molecule has 7 N–H and O–H groups in total. The molecule has 140 valence electrons. The topological polar surface area (TPSA) is 135 Å². The summed E-state index contributed by atoms with van der Waals surface area (Å²) < 4.78 is 0. The lowest BCUT2D eigenvalue weighted by Crippen LogP contribution is -2.43. The van der Waals surface area contributed by atoms with Gasteiger partial charge < -0.3 is 27.1 Å². The summed E-state index contributed by atoms with van der Waals surface area (Å²) in [4.78, 5) is 23.7. The van der Waals surface area contributed by atoms with Gasteiger partial charge in [-0.3, -0.25) is 4.79 Å². The molecule has 8 heteroatoms. The van der Waals surface area contributed by atoms with Crippen molar-refractivity contribution in [3.8, 4) is 0 Å². The van der Waals surface area contributed by atoms with Crippen LogP contribution >= 0.6 is 0 Å². The summed E-state index contributed by atoms with van der Waals surface area (Å²) >= 11 is 0. The molecule has 1 aliphatic rings. The van der Waals surface area contributed by atoms with Crippen molar-refractivity contribution in [3.05, 3.63) is 42.2 Å². The Morgan fingerprint density at radius 2 is 2.07 bits per heavy atom. The molecule has 2 heterocycles. The van der Waals surface area contributed by atoms with Crippen molar-refractivity contribution in [2.75, 3.05) is 10.6 Å². The minimum absolute atomic E-state index is 0.0746. The molecule has 3 aromatic rings. The first kappa shape index (κ1) is 17.3. The molecule has 27 heavy (non-hydrogen) atoms. The average Bonchev–Trinajstić information content (AvgIpc) is 3.11. The van der Waals surface area contributed by atoms with Gasteiger partial charge in [0.05, 0.1) is 0 Å². The summed E-state index contributed by atoms with van der Waals surface area (Å²) in [5, 5.41) is 7.55. The van der Waals surface area contributed by atoms with Gasteiger partial charge in [0, 0.05) is 41.1 Å². The van der Waals surface area contributed by atoms with Gasteiger partial charge >= 0.3 is 0 Å². The van der Waals surface area contributed by atoms with Crippen molar-refractivity contribution >= 4 is 34.3 Å². The smallest absolute Gasteiger partial charge is 0.254 e. The monoisotopic (exact) mass is 365 g/mol. The van der Waals surface area contributed by atoms with E-state index in [4.69, 9.17) is 11.5 Å². The van der Waals surface area contributed by atoms with Crippen LogP contribution < -0.4 is 22.1 Å². The number of hydrogen-bond acceptors (Lipinski definition) is 6. The van der Waals surface area contributed by atoms with Crippen LogP contribution in [0.2, 0.25) is 0 Å². The van der Waals surface area contributed by atoms with Gasteiger partial charge in [0.25, 0.3) is 5.91 Å². The molecule has 1 aliphatic carbocycles.